The van der Waals surface area contributed by atoms with E-state index < -0.39 is 0 Å². The van der Waals surface area contributed by atoms with Crippen LogP contribution in [-0.2, 0) is 9.53 Å². The summed E-state index contributed by atoms with van der Waals surface area (Å²) in [5.74, 6) is 0.383. The number of carbonyl (C=O) groups excluding carboxylic acids is 2. The molecule has 1 aliphatic heterocycles. The van der Waals surface area contributed by atoms with Crippen molar-refractivity contribution in [3.63, 3.8) is 0 Å². The number of nitrogens with zero attached hydrogens (tertiary/aromatic N) is 1. The summed E-state index contributed by atoms with van der Waals surface area (Å²) in [5, 5.41) is 0. The standard InChI is InChI=1S/C18H24N2O3/c1-4-23-18(22)13-7-8-15-14(9-13)16(19)10(2)17(12-5-6-12)20(15)11(3)21/h7-10,12,16-17H,4-6,19H2,1-3H3. The van der Waals surface area contributed by atoms with E-state index in [0.717, 1.165) is 24.1 Å². The molecule has 0 aromatic heterocycles. The monoisotopic (exact) mass is 316 g/mol. The van der Waals surface area contributed by atoms with Crippen LogP contribution in [0.25, 0.3) is 0 Å². The van der Waals surface area contributed by atoms with Crippen LogP contribution in [0.4, 0.5) is 5.69 Å². The van der Waals surface area contributed by atoms with E-state index in [1.807, 2.05) is 11.0 Å². The van der Waals surface area contributed by atoms with Gasteiger partial charge in [-0.2, -0.15) is 0 Å². The van der Waals surface area contributed by atoms with Crippen LogP contribution in [0.3, 0.4) is 0 Å². The molecule has 0 bridgehead atoms. The Morgan fingerprint density at radius 1 is 1.35 bits per heavy atom. The molecule has 0 saturated heterocycles. The van der Waals surface area contributed by atoms with Crippen LogP contribution in [0, 0.1) is 11.8 Å². The lowest BCUT2D eigenvalue weighted by Crippen LogP contribution is -2.51. The van der Waals surface area contributed by atoms with Gasteiger partial charge in [-0.3, -0.25) is 4.79 Å². The Kier molecular flexibility index (Phi) is 4.15. The first-order valence-corrected chi connectivity index (χ1v) is 8.32. The van der Waals surface area contributed by atoms with Gasteiger partial charge in [-0.15, -0.1) is 0 Å². The van der Waals surface area contributed by atoms with Crippen LogP contribution in [0.5, 0.6) is 0 Å². The molecule has 5 heteroatoms. The van der Waals surface area contributed by atoms with Crippen molar-refractivity contribution in [2.24, 2.45) is 17.6 Å². The average molecular weight is 316 g/mol. The molecule has 1 saturated carbocycles. The van der Waals surface area contributed by atoms with Gasteiger partial charge < -0.3 is 15.4 Å². The van der Waals surface area contributed by atoms with Gasteiger partial charge in [0.1, 0.15) is 0 Å². The molecule has 3 rings (SSSR count). The van der Waals surface area contributed by atoms with Crippen molar-refractivity contribution in [2.75, 3.05) is 11.5 Å². The van der Waals surface area contributed by atoms with Gasteiger partial charge in [-0.05, 0) is 55.4 Å². The summed E-state index contributed by atoms with van der Waals surface area (Å²) in [6.07, 6.45) is 2.31. The predicted octanol–water partition coefficient (Wildman–Crippen LogP) is 2.64. The number of benzene rings is 1. The second-order valence-corrected chi connectivity index (χ2v) is 6.60. The Hall–Kier alpha value is -1.88. The van der Waals surface area contributed by atoms with Gasteiger partial charge in [0.15, 0.2) is 0 Å². The molecule has 1 fully saturated rings. The molecular formula is C18H24N2O3. The number of amides is 1. The molecule has 23 heavy (non-hydrogen) atoms. The second kappa shape index (κ2) is 5.96. The fraction of sp³-hybridized carbons (Fsp3) is 0.556. The number of fused-ring (bicyclic) bond motifs is 1. The maximum Gasteiger partial charge on any atom is 0.338 e. The Balaban J connectivity index is 2.05. The van der Waals surface area contributed by atoms with Crippen molar-refractivity contribution < 1.29 is 14.3 Å². The van der Waals surface area contributed by atoms with Crippen molar-refractivity contribution in [2.45, 2.75) is 45.7 Å². The van der Waals surface area contributed by atoms with E-state index in [1.54, 1.807) is 26.0 Å². The number of hydrogen-bond donors (Lipinski definition) is 1. The zero-order valence-electron chi connectivity index (χ0n) is 13.9. The van der Waals surface area contributed by atoms with Gasteiger partial charge in [0.05, 0.1) is 12.2 Å². The third-order valence-corrected chi connectivity index (χ3v) is 5.00. The average Bonchev–Trinajstić information content (AvgIpc) is 3.34. The maximum absolute atomic E-state index is 12.3. The van der Waals surface area contributed by atoms with Crippen LogP contribution in [-0.4, -0.2) is 24.5 Å². The largest absolute Gasteiger partial charge is 0.462 e. The molecule has 124 valence electrons. The first kappa shape index (κ1) is 16.0. The smallest absolute Gasteiger partial charge is 0.338 e. The van der Waals surface area contributed by atoms with Crippen molar-refractivity contribution >= 4 is 17.6 Å². The lowest BCUT2D eigenvalue weighted by atomic mass is 9.80. The van der Waals surface area contributed by atoms with Crippen LogP contribution in [0.2, 0.25) is 0 Å². The number of carbonyl (C=O) groups is 2. The highest BCUT2D eigenvalue weighted by atomic mass is 16.5. The Morgan fingerprint density at radius 2 is 2.04 bits per heavy atom. The van der Waals surface area contributed by atoms with E-state index in [2.05, 4.69) is 6.92 Å². The summed E-state index contributed by atoms with van der Waals surface area (Å²) in [4.78, 5) is 26.1. The van der Waals surface area contributed by atoms with Gasteiger partial charge in [0.25, 0.3) is 0 Å². The van der Waals surface area contributed by atoms with Crippen molar-refractivity contribution in [3.05, 3.63) is 29.3 Å². The highest BCUT2D eigenvalue weighted by molar-refractivity contribution is 5.96. The number of hydrogen-bond acceptors (Lipinski definition) is 4. The van der Waals surface area contributed by atoms with Gasteiger partial charge >= 0.3 is 5.97 Å². The van der Waals surface area contributed by atoms with Crippen molar-refractivity contribution in [1.29, 1.82) is 0 Å². The van der Waals surface area contributed by atoms with Gasteiger partial charge in [-0.25, -0.2) is 4.79 Å². The number of anilines is 1. The van der Waals surface area contributed by atoms with E-state index >= 15 is 0 Å². The lowest BCUT2D eigenvalue weighted by molar-refractivity contribution is -0.117. The number of nitrogens with two attached hydrogens (primary N) is 1. The summed E-state index contributed by atoms with van der Waals surface area (Å²) in [6.45, 7) is 5.81. The summed E-state index contributed by atoms with van der Waals surface area (Å²) in [5.41, 5.74) is 8.65. The molecule has 1 aliphatic carbocycles. The van der Waals surface area contributed by atoms with E-state index in [1.165, 1.54) is 0 Å². The Bertz CT molecular complexity index is 639. The van der Waals surface area contributed by atoms with Crippen LogP contribution >= 0.6 is 0 Å². The molecule has 1 aromatic carbocycles. The SMILES string of the molecule is CCOC(=O)c1ccc2c(c1)C(N)C(C)C(C1CC1)N2C(C)=O. The zero-order chi connectivity index (χ0) is 16.7. The van der Waals surface area contributed by atoms with Crippen molar-refractivity contribution in [1.82, 2.24) is 0 Å². The number of ether oxygens (including phenoxy) is 1. The van der Waals surface area contributed by atoms with Crippen LogP contribution in [0.15, 0.2) is 18.2 Å². The second-order valence-electron chi connectivity index (χ2n) is 6.60. The van der Waals surface area contributed by atoms with E-state index in [0.29, 0.717) is 18.1 Å². The number of esters is 1. The molecule has 3 atom stereocenters. The van der Waals surface area contributed by atoms with E-state index in [-0.39, 0.29) is 29.9 Å². The van der Waals surface area contributed by atoms with Gasteiger partial charge in [0.2, 0.25) is 5.91 Å². The molecule has 1 amide bonds. The Morgan fingerprint density at radius 3 is 2.61 bits per heavy atom. The lowest BCUT2D eigenvalue weighted by Gasteiger charge is -2.44. The quantitative estimate of drug-likeness (QED) is 0.870. The minimum Gasteiger partial charge on any atom is -0.462 e. The zero-order valence-corrected chi connectivity index (χ0v) is 13.9. The van der Waals surface area contributed by atoms with E-state index in [9.17, 15) is 9.59 Å². The normalized spacial score (nSPS) is 26.6. The third kappa shape index (κ3) is 2.74. The molecule has 2 aliphatic rings. The summed E-state index contributed by atoms with van der Waals surface area (Å²) >= 11 is 0. The van der Waals surface area contributed by atoms with E-state index in [4.69, 9.17) is 10.5 Å². The molecule has 0 radical (unpaired) electrons. The van der Waals surface area contributed by atoms with Crippen molar-refractivity contribution in [3.8, 4) is 0 Å². The van der Waals surface area contributed by atoms with Crippen LogP contribution in [0.1, 0.15) is 55.6 Å². The highest BCUT2D eigenvalue weighted by Crippen LogP contribution is 2.48. The Labute approximate surface area is 136 Å². The molecule has 5 nitrogen and oxygen atoms in total. The predicted molar refractivity (Wildman–Crippen MR) is 88.2 cm³/mol. The minimum atomic E-state index is -0.353. The molecule has 2 N–H and O–H groups in total. The molecule has 1 aromatic rings. The molecule has 1 heterocycles. The topological polar surface area (TPSA) is 72.6 Å². The minimum absolute atomic E-state index is 0.0331. The molecule has 0 spiro atoms. The first-order valence-electron chi connectivity index (χ1n) is 8.32. The summed E-state index contributed by atoms with van der Waals surface area (Å²) in [7, 11) is 0. The third-order valence-electron chi connectivity index (χ3n) is 5.00. The van der Waals surface area contributed by atoms with Gasteiger partial charge in [0, 0.05) is 24.7 Å². The first-order chi connectivity index (χ1) is 11.0. The molecular weight excluding hydrogens is 292 g/mol. The maximum atomic E-state index is 12.3. The van der Waals surface area contributed by atoms with Gasteiger partial charge in [-0.1, -0.05) is 6.92 Å². The number of rotatable bonds is 3. The molecule has 3 unspecified atom stereocenters. The summed E-state index contributed by atoms with van der Waals surface area (Å²) < 4.78 is 5.06. The fourth-order valence-corrected chi connectivity index (χ4v) is 3.73. The highest BCUT2D eigenvalue weighted by Gasteiger charge is 2.46. The van der Waals surface area contributed by atoms with Crippen LogP contribution < -0.4 is 10.6 Å². The summed E-state index contributed by atoms with van der Waals surface area (Å²) in [6, 6.07) is 5.32. The fourth-order valence-electron chi connectivity index (χ4n) is 3.73.